The number of carbonyl (C=O) groups is 3. The van der Waals surface area contributed by atoms with Crippen LogP contribution in [-0.2, 0) is 9.59 Å². The summed E-state index contributed by atoms with van der Waals surface area (Å²) in [5.74, 6) is -7.94. The summed E-state index contributed by atoms with van der Waals surface area (Å²) in [6.45, 7) is 0. The van der Waals surface area contributed by atoms with Gasteiger partial charge in [-0.25, -0.2) is 8.78 Å². The van der Waals surface area contributed by atoms with Crippen LogP contribution in [0.2, 0.25) is 15.1 Å². The van der Waals surface area contributed by atoms with E-state index in [-0.39, 0.29) is 27.4 Å². The van der Waals surface area contributed by atoms with E-state index in [1.54, 1.807) is 12.1 Å². The third-order valence-electron chi connectivity index (χ3n) is 5.93. The fourth-order valence-electron chi connectivity index (χ4n) is 3.89. The molecule has 0 saturated heterocycles. The predicted molar refractivity (Wildman–Crippen MR) is 151 cm³/mol. The van der Waals surface area contributed by atoms with Crippen LogP contribution < -0.4 is 16.0 Å². The Bertz CT molecular complexity index is 1580. The van der Waals surface area contributed by atoms with Crippen molar-refractivity contribution in [1.29, 1.82) is 0 Å². The van der Waals surface area contributed by atoms with E-state index in [4.69, 9.17) is 58.0 Å². The fraction of sp³-hybridized carbons (Fsp3) is 0.160. The number of alkyl halides is 5. The van der Waals surface area contributed by atoms with Crippen molar-refractivity contribution >= 4 is 104 Å². The second-order valence-electron chi connectivity index (χ2n) is 8.71. The van der Waals surface area contributed by atoms with Crippen LogP contribution in [0, 0.1) is 17.6 Å². The van der Waals surface area contributed by atoms with Gasteiger partial charge in [0, 0.05) is 17.7 Å². The van der Waals surface area contributed by atoms with Crippen LogP contribution in [0.4, 0.5) is 34.6 Å². The minimum atomic E-state index is -4.38. The lowest BCUT2D eigenvalue weighted by molar-refractivity contribution is -0.130. The molecule has 0 aromatic heterocycles. The molecule has 0 unspecified atom stereocenters. The summed E-state index contributed by atoms with van der Waals surface area (Å²) in [5, 5.41) is 2.22. The van der Waals surface area contributed by atoms with E-state index in [1.165, 1.54) is 23.5 Å². The van der Waals surface area contributed by atoms with E-state index < -0.39 is 62.3 Å². The molecular weight excluding hydrogens is 679 g/mol. The standard InChI is InChI=1S/C25H13Cl6F4N3O3/c26-12-4-2-10(36-22(40)20-19(24(20,29)30)9-1-3-13(27)14(28)5-9)6-11(12)21(39)37-17-8-18(16(33)7-15(17)32)38-23(41)25(31,34)35/h1-8,19-20H,(H,36,40)(H,37,39)(H,38,41)/t19-,20+/m0/s1. The van der Waals surface area contributed by atoms with E-state index in [0.717, 1.165) is 6.07 Å². The van der Waals surface area contributed by atoms with Gasteiger partial charge in [-0.3, -0.25) is 14.4 Å². The number of halogens is 10. The summed E-state index contributed by atoms with van der Waals surface area (Å²) in [4.78, 5) is 37.3. The van der Waals surface area contributed by atoms with Crippen molar-refractivity contribution in [3.63, 3.8) is 0 Å². The first-order valence-corrected chi connectivity index (χ1v) is 13.4. The zero-order valence-electron chi connectivity index (χ0n) is 19.8. The predicted octanol–water partition coefficient (Wildman–Crippen LogP) is 8.47. The number of anilines is 3. The molecule has 41 heavy (non-hydrogen) atoms. The van der Waals surface area contributed by atoms with Crippen molar-refractivity contribution in [2.45, 2.75) is 15.6 Å². The summed E-state index contributed by atoms with van der Waals surface area (Å²) < 4.78 is 52.9. The third-order valence-corrected chi connectivity index (χ3v) is 8.11. The first kappa shape index (κ1) is 31.5. The molecule has 1 fully saturated rings. The van der Waals surface area contributed by atoms with E-state index in [9.17, 15) is 31.9 Å². The molecule has 0 bridgehead atoms. The van der Waals surface area contributed by atoms with Gasteiger partial charge in [0.15, 0.2) is 0 Å². The van der Waals surface area contributed by atoms with Crippen LogP contribution in [0.25, 0.3) is 0 Å². The quantitative estimate of drug-likeness (QED) is 0.172. The summed E-state index contributed by atoms with van der Waals surface area (Å²) in [6, 6.07) is 9.32. The minimum absolute atomic E-state index is 0.0883. The van der Waals surface area contributed by atoms with Gasteiger partial charge < -0.3 is 16.0 Å². The average molecular weight is 692 g/mol. The molecule has 0 heterocycles. The van der Waals surface area contributed by atoms with E-state index >= 15 is 0 Å². The largest absolute Gasteiger partial charge is 0.400 e. The maximum atomic E-state index is 14.3. The highest BCUT2D eigenvalue weighted by molar-refractivity contribution is 6.53. The lowest BCUT2D eigenvalue weighted by Gasteiger charge is -2.14. The number of rotatable bonds is 7. The lowest BCUT2D eigenvalue weighted by Crippen LogP contribution is -2.29. The van der Waals surface area contributed by atoms with Gasteiger partial charge in [0.2, 0.25) is 5.91 Å². The monoisotopic (exact) mass is 689 g/mol. The maximum Gasteiger partial charge on any atom is 0.400 e. The molecule has 1 aliphatic rings. The van der Waals surface area contributed by atoms with Gasteiger partial charge in [0.25, 0.3) is 5.91 Å². The topological polar surface area (TPSA) is 87.3 Å². The molecule has 0 radical (unpaired) electrons. The van der Waals surface area contributed by atoms with Gasteiger partial charge in [-0.2, -0.15) is 8.78 Å². The number of hydrogen-bond donors (Lipinski definition) is 3. The molecular formula is C25H13Cl6F4N3O3. The van der Waals surface area contributed by atoms with Crippen molar-refractivity contribution in [2.24, 2.45) is 5.92 Å². The van der Waals surface area contributed by atoms with Crippen LogP contribution in [-0.4, -0.2) is 27.4 Å². The summed E-state index contributed by atoms with van der Waals surface area (Å²) in [6.07, 6.45) is 0. The van der Waals surface area contributed by atoms with Crippen LogP contribution >= 0.6 is 69.6 Å². The molecule has 3 aromatic carbocycles. The Morgan fingerprint density at radius 2 is 1.39 bits per heavy atom. The third kappa shape index (κ3) is 6.79. The zero-order valence-corrected chi connectivity index (χ0v) is 24.3. The van der Waals surface area contributed by atoms with E-state index in [2.05, 4.69) is 22.2 Å². The van der Waals surface area contributed by atoms with Crippen molar-refractivity contribution in [3.8, 4) is 0 Å². The summed E-state index contributed by atoms with van der Waals surface area (Å²) in [7, 11) is 0. The van der Waals surface area contributed by atoms with Gasteiger partial charge in [-0.15, -0.1) is 23.2 Å². The van der Waals surface area contributed by atoms with Crippen molar-refractivity contribution in [2.75, 3.05) is 16.0 Å². The lowest BCUT2D eigenvalue weighted by atomic mass is 10.1. The number of carbonyl (C=O) groups excluding carboxylic acids is 3. The van der Waals surface area contributed by atoms with Crippen molar-refractivity contribution < 1.29 is 31.9 Å². The smallest absolute Gasteiger partial charge is 0.326 e. The highest BCUT2D eigenvalue weighted by Crippen LogP contribution is 2.65. The van der Waals surface area contributed by atoms with Crippen LogP contribution in [0.1, 0.15) is 21.8 Å². The SMILES string of the molecule is O=C(Nc1cc(NC(=O)C(F)(F)Cl)c(F)cc1F)c1cc(NC(=O)[C@H]2[C@H](c3ccc(Cl)c(Cl)c3)C2(Cl)Cl)ccc1Cl. The Hall–Kier alpha value is -2.47. The van der Waals surface area contributed by atoms with Gasteiger partial charge in [-0.1, -0.05) is 40.9 Å². The molecule has 3 amide bonds. The van der Waals surface area contributed by atoms with Crippen molar-refractivity contribution in [3.05, 3.63) is 86.4 Å². The zero-order chi connectivity index (χ0) is 30.4. The Kier molecular flexibility index (Phi) is 8.95. The molecule has 3 N–H and O–H groups in total. The Balaban J connectivity index is 1.51. The summed E-state index contributed by atoms with van der Waals surface area (Å²) in [5.41, 5.74) is -1.17. The normalized spacial score (nSPS) is 17.5. The van der Waals surface area contributed by atoms with E-state index in [0.29, 0.717) is 16.7 Å². The van der Waals surface area contributed by atoms with Gasteiger partial charge in [-0.05, 0) is 53.6 Å². The molecule has 2 atom stereocenters. The first-order chi connectivity index (χ1) is 19.0. The van der Waals surface area contributed by atoms with Crippen LogP contribution in [0.15, 0.2) is 48.5 Å². The Labute approximate surface area is 259 Å². The molecule has 3 aromatic rings. The first-order valence-electron chi connectivity index (χ1n) is 11.1. The Morgan fingerprint density at radius 1 is 0.780 bits per heavy atom. The molecule has 1 aliphatic carbocycles. The fourth-order valence-corrected chi connectivity index (χ4v) is 5.28. The number of amides is 3. The molecule has 6 nitrogen and oxygen atoms in total. The number of benzene rings is 3. The van der Waals surface area contributed by atoms with Gasteiger partial charge in [0.1, 0.15) is 16.0 Å². The number of hydrogen-bond acceptors (Lipinski definition) is 3. The average Bonchev–Trinajstić information content (AvgIpc) is 3.46. The Morgan fingerprint density at radius 3 is 2.00 bits per heavy atom. The van der Waals surface area contributed by atoms with E-state index in [1.807, 2.05) is 0 Å². The van der Waals surface area contributed by atoms with Gasteiger partial charge >= 0.3 is 11.3 Å². The van der Waals surface area contributed by atoms with Gasteiger partial charge in [0.05, 0.1) is 37.9 Å². The highest BCUT2D eigenvalue weighted by Gasteiger charge is 2.67. The molecule has 16 heteroatoms. The highest BCUT2D eigenvalue weighted by atomic mass is 35.5. The molecule has 1 saturated carbocycles. The maximum absolute atomic E-state index is 14.3. The molecule has 0 aliphatic heterocycles. The minimum Gasteiger partial charge on any atom is -0.326 e. The number of nitrogens with one attached hydrogen (secondary N) is 3. The molecule has 0 spiro atoms. The van der Waals surface area contributed by atoms with Crippen LogP contribution in [0.3, 0.4) is 0 Å². The molecule has 216 valence electrons. The summed E-state index contributed by atoms with van der Waals surface area (Å²) >= 11 is 35.4. The molecule has 4 rings (SSSR count). The van der Waals surface area contributed by atoms with Crippen LogP contribution in [0.5, 0.6) is 0 Å². The second kappa shape index (κ2) is 11.7. The van der Waals surface area contributed by atoms with Crippen molar-refractivity contribution in [1.82, 2.24) is 0 Å². The second-order valence-corrected chi connectivity index (χ2v) is 11.8.